The molecule has 0 radical (unpaired) electrons. The van der Waals surface area contributed by atoms with Crippen LogP contribution in [0.25, 0.3) is 10.8 Å². The fraction of sp³-hybridized carbons (Fsp3) is 0.0938. The Kier molecular flexibility index (Phi) is 5.10. The first kappa shape index (κ1) is 22.7. The summed E-state index contributed by atoms with van der Waals surface area (Å²) in [6.45, 7) is 2.52. The zero-order valence-electron chi connectivity index (χ0n) is 20.5. The normalized spacial score (nSPS) is 16.8. The number of ether oxygens (including phenoxy) is 3. The molecule has 186 valence electrons. The number of rotatable bonds is 4. The molecular weight excluding hydrogens is 498 g/mol. The summed E-state index contributed by atoms with van der Waals surface area (Å²) in [5, 5.41) is 5.82. The van der Waals surface area contributed by atoms with Crippen molar-refractivity contribution in [1.29, 1.82) is 0 Å². The monoisotopic (exact) mass is 519 g/mol. The van der Waals surface area contributed by atoms with Gasteiger partial charge in [-0.3, -0.25) is 0 Å². The molecule has 5 nitrogen and oxygen atoms in total. The number of hydrogen-bond acceptors (Lipinski definition) is 5. The molecule has 5 aromatic carbocycles. The predicted molar refractivity (Wildman–Crippen MR) is 148 cm³/mol. The molecule has 1 unspecified atom stereocenters. The van der Waals surface area contributed by atoms with Gasteiger partial charge in [0.05, 0.1) is 22.9 Å². The van der Waals surface area contributed by atoms with Gasteiger partial charge < -0.3 is 19.5 Å². The van der Waals surface area contributed by atoms with Crippen molar-refractivity contribution in [2.75, 3.05) is 11.9 Å². The Morgan fingerprint density at radius 1 is 0.868 bits per heavy atom. The Morgan fingerprint density at radius 2 is 1.71 bits per heavy atom. The number of benzene rings is 5. The highest BCUT2D eigenvalue weighted by Gasteiger charge is 2.54. The minimum atomic E-state index is -1.18. The van der Waals surface area contributed by atoms with Gasteiger partial charge in [-0.25, -0.2) is 4.79 Å². The second-order valence-corrected chi connectivity index (χ2v) is 9.70. The van der Waals surface area contributed by atoms with Crippen LogP contribution in [0, 0.1) is 0 Å². The van der Waals surface area contributed by atoms with Crippen LogP contribution >= 0.6 is 11.6 Å². The molecule has 5 aromatic rings. The third-order valence-electron chi connectivity index (χ3n) is 7.12. The van der Waals surface area contributed by atoms with E-state index in [9.17, 15) is 4.79 Å². The number of halogens is 1. The lowest BCUT2D eigenvalue weighted by Gasteiger charge is -2.37. The van der Waals surface area contributed by atoms with Crippen LogP contribution in [0.15, 0.2) is 97.1 Å². The Hall–Kier alpha value is -4.48. The van der Waals surface area contributed by atoms with Gasteiger partial charge in [0.2, 0.25) is 0 Å². The van der Waals surface area contributed by atoms with Gasteiger partial charge in [0.25, 0.3) is 0 Å². The number of anilines is 2. The van der Waals surface area contributed by atoms with E-state index >= 15 is 0 Å². The molecule has 1 spiro atoms. The summed E-state index contributed by atoms with van der Waals surface area (Å²) in [5.74, 6) is 1.60. The quantitative estimate of drug-likeness (QED) is 0.242. The van der Waals surface area contributed by atoms with Gasteiger partial charge in [-0.2, -0.15) is 0 Å². The SMILES string of the molecule is CCOc1cccc(Nc2cc3c(cc2Cl)C2(OC(=O)c4ccccc42)c2ccc4ccccc4c2O3)c1. The zero-order chi connectivity index (χ0) is 25.9. The maximum absolute atomic E-state index is 13.2. The van der Waals surface area contributed by atoms with Gasteiger partial charge in [0.15, 0.2) is 5.60 Å². The van der Waals surface area contributed by atoms with Crippen molar-refractivity contribution in [1.82, 2.24) is 0 Å². The lowest BCUT2D eigenvalue weighted by Crippen LogP contribution is -2.33. The van der Waals surface area contributed by atoms with Crippen LogP contribution in [0.4, 0.5) is 11.4 Å². The zero-order valence-corrected chi connectivity index (χ0v) is 21.2. The molecule has 0 saturated heterocycles. The standard InChI is InChI=1S/C32H22ClNO4/c1-2-36-21-10-7-9-20(16-21)34-28-18-29-26(17-27(28)33)32(24-13-6-5-12-23(24)31(35)38-32)25-15-14-19-8-3-4-11-22(19)30(25)37-29/h3-18,34H,2H2,1H3. The summed E-state index contributed by atoms with van der Waals surface area (Å²) in [4.78, 5) is 13.2. The van der Waals surface area contributed by atoms with E-state index in [0.717, 1.165) is 33.3 Å². The summed E-state index contributed by atoms with van der Waals surface area (Å²) >= 11 is 6.87. The Labute approximate surface area is 224 Å². The first-order valence-electron chi connectivity index (χ1n) is 12.5. The summed E-state index contributed by atoms with van der Waals surface area (Å²) in [5.41, 5.74) is 3.05. The molecule has 2 aliphatic heterocycles. The number of nitrogens with one attached hydrogen (secondary N) is 1. The molecule has 2 aliphatic rings. The molecule has 7 rings (SSSR count). The molecular formula is C32H22ClNO4. The van der Waals surface area contributed by atoms with E-state index < -0.39 is 5.60 Å². The van der Waals surface area contributed by atoms with Crippen LogP contribution in [-0.4, -0.2) is 12.6 Å². The first-order chi connectivity index (χ1) is 18.6. The van der Waals surface area contributed by atoms with Crippen molar-refractivity contribution in [3.8, 4) is 17.2 Å². The highest BCUT2D eigenvalue weighted by atomic mass is 35.5. The van der Waals surface area contributed by atoms with E-state index in [4.69, 9.17) is 25.8 Å². The minimum absolute atomic E-state index is 0.376. The van der Waals surface area contributed by atoms with Crippen LogP contribution in [0.1, 0.15) is 34.0 Å². The number of carbonyl (C=O) groups is 1. The molecule has 1 atom stereocenters. The molecule has 0 aromatic heterocycles. The summed E-state index contributed by atoms with van der Waals surface area (Å²) in [6, 6.07) is 30.9. The molecule has 38 heavy (non-hydrogen) atoms. The number of carbonyl (C=O) groups excluding carboxylic acids is 1. The third kappa shape index (κ3) is 3.29. The molecule has 0 bridgehead atoms. The van der Waals surface area contributed by atoms with Crippen LogP contribution < -0.4 is 14.8 Å². The van der Waals surface area contributed by atoms with Crippen LogP contribution in [0.3, 0.4) is 0 Å². The predicted octanol–water partition coefficient (Wildman–Crippen LogP) is 8.20. The van der Waals surface area contributed by atoms with Crippen molar-refractivity contribution in [3.05, 3.63) is 124 Å². The van der Waals surface area contributed by atoms with E-state index in [1.54, 1.807) is 6.07 Å². The topological polar surface area (TPSA) is 56.8 Å². The van der Waals surface area contributed by atoms with Crippen molar-refractivity contribution in [2.45, 2.75) is 12.5 Å². The van der Waals surface area contributed by atoms with Crippen molar-refractivity contribution in [3.63, 3.8) is 0 Å². The smallest absolute Gasteiger partial charge is 0.340 e. The van der Waals surface area contributed by atoms with Gasteiger partial charge in [-0.05, 0) is 42.6 Å². The van der Waals surface area contributed by atoms with E-state index in [0.29, 0.717) is 39.9 Å². The second kappa shape index (κ2) is 8.54. The maximum Gasteiger partial charge on any atom is 0.340 e. The highest BCUT2D eigenvalue weighted by molar-refractivity contribution is 6.33. The minimum Gasteiger partial charge on any atom is -0.494 e. The number of hydrogen-bond donors (Lipinski definition) is 1. The fourth-order valence-corrected chi connectivity index (χ4v) is 5.71. The second-order valence-electron chi connectivity index (χ2n) is 9.30. The molecule has 0 aliphatic carbocycles. The van der Waals surface area contributed by atoms with Crippen molar-refractivity contribution in [2.24, 2.45) is 0 Å². The van der Waals surface area contributed by atoms with E-state index in [2.05, 4.69) is 5.32 Å². The summed E-state index contributed by atoms with van der Waals surface area (Å²) in [6.07, 6.45) is 0. The average Bonchev–Trinajstić information content (AvgIpc) is 3.23. The number of esters is 1. The first-order valence-corrected chi connectivity index (χ1v) is 12.8. The largest absolute Gasteiger partial charge is 0.494 e. The highest BCUT2D eigenvalue weighted by Crippen LogP contribution is 2.58. The Balaban J connectivity index is 1.45. The number of fused-ring (bicyclic) bond motifs is 8. The van der Waals surface area contributed by atoms with Crippen molar-refractivity contribution < 1.29 is 19.0 Å². The fourth-order valence-electron chi connectivity index (χ4n) is 5.50. The van der Waals surface area contributed by atoms with Gasteiger partial charge in [-0.1, -0.05) is 66.2 Å². The molecule has 2 heterocycles. The van der Waals surface area contributed by atoms with E-state index in [1.165, 1.54) is 0 Å². The van der Waals surface area contributed by atoms with Crippen LogP contribution in [0.2, 0.25) is 5.02 Å². The molecule has 0 amide bonds. The van der Waals surface area contributed by atoms with E-state index in [-0.39, 0.29) is 5.97 Å². The van der Waals surface area contributed by atoms with Gasteiger partial charge >= 0.3 is 5.97 Å². The molecule has 0 saturated carbocycles. The van der Waals surface area contributed by atoms with Crippen LogP contribution in [0.5, 0.6) is 17.2 Å². The Morgan fingerprint density at radius 3 is 2.61 bits per heavy atom. The maximum atomic E-state index is 13.2. The Bertz CT molecular complexity index is 1760. The lowest BCUT2D eigenvalue weighted by molar-refractivity contribution is 0.0225. The van der Waals surface area contributed by atoms with Crippen molar-refractivity contribution >= 4 is 39.7 Å². The lowest BCUT2D eigenvalue weighted by atomic mass is 9.77. The van der Waals surface area contributed by atoms with Gasteiger partial charge in [0.1, 0.15) is 17.2 Å². The van der Waals surface area contributed by atoms with E-state index in [1.807, 2.05) is 97.9 Å². The summed E-state index contributed by atoms with van der Waals surface area (Å²) in [7, 11) is 0. The molecule has 0 fully saturated rings. The van der Waals surface area contributed by atoms with Gasteiger partial charge in [-0.15, -0.1) is 0 Å². The third-order valence-corrected chi connectivity index (χ3v) is 7.43. The van der Waals surface area contributed by atoms with Crippen LogP contribution in [-0.2, 0) is 10.3 Å². The molecule has 6 heteroatoms. The average molecular weight is 520 g/mol. The molecule has 1 N–H and O–H groups in total. The van der Waals surface area contributed by atoms with Gasteiger partial charge in [0, 0.05) is 39.9 Å². The summed E-state index contributed by atoms with van der Waals surface area (Å²) < 4.78 is 18.6.